The van der Waals surface area contributed by atoms with E-state index >= 15 is 0 Å². The number of amides is 1. The van der Waals surface area contributed by atoms with E-state index in [1.807, 2.05) is 13.8 Å². The zero-order valence-electron chi connectivity index (χ0n) is 10.6. The predicted molar refractivity (Wildman–Crippen MR) is 71.3 cm³/mol. The summed E-state index contributed by atoms with van der Waals surface area (Å²) < 4.78 is 0. The Balaban J connectivity index is 2.78. The van der Waals surface area contributed by atoms with E-state index < -0.39 is 0 Å². The van der Waals surface area contributed by atoms with Gasteiger partial charge in [0.2, 0.25) is 5.82 Å². The molecule has 1 aromatic heterocycles. The van der Waals surface area contributed by atoms with E-state index in [0.29, 0.717) is 5.82 Å². The molecule has 0 aliphatic carbocycles. The van der Waals surface area contributed by atoms with E-state index in [1.54, 1.807) is 18.5 Å². The SMILES string of the molecule is C=C/C=N\C(=C/CC)NC(=O)c1ncc(C)cn1. The van der Waals surface area contributed by atoms with Crippen LogP contribution in [0.5, 0.6) is 0 Å². The summed E-state index contributed by atoms with van der Waals surface area (Å²) in [5.41, 5.74) is 0.903. The predicted octanol–water partition coefficient (Wildman–Crippen LogP) is 2.02. The number of allylic oxidation sites excluding steroid dienone is 2. The Kier molecular flexibility index (Phi) is 5.44. The second kappa shape index (κ2) is 7.11. The summed E-state index contributed by atoms with van der Waals surface area (Å²) >= 11 is 0. The Morgan fingerprint density at radius 1 is 1.50 bits per heavy atom. The molecule has 1 heterocycles. The molecule has 0 fully saturated rings. The van der Waals surface area contributed by atoms with Gasteiger partial charge in [-0.1, -0.05) is 19.6 Å². The normalized spacial score (nSPS) is 11.6. The van der Waals surface area contributed by atoms with Gasteiger partial charge in [-0.2, -0.15) is 0 Å². The molecule has 0 radical (unpaired) electrons. The molecule has 0 spiro atoms. The molecule has 5 heteroatoms. The third kappa shape index (κ3) is 4.29. The van der Waals surface area contributed by atoms with Crippen LogP contribution in [0.4, 0.5) is 0 Å². The second-order valence-corrected chi connectivity index (χ2v) is 3.55. The van der Waals surface area contributed by atoms with E-state index in [1.165, 1.54) is 12.3 Å². The lowest BCUT2D eigenvalue weighted by Gasteiger charge is -2.04. The van der Waals surface area contributed by atoms with Crippen LogP contribution in [0, 0.1) is 6.92 Å². The van der Waals surface area contributed by atoms with Crippen molar-refractivity contribution in [3.05, 3.63) is 48.3 Å². The highest BCUT2D eigenvalue weighted by Crippen LogP contribution is 1.98. The lowest BCUT2D eigenvalue weighted by Crippen LogP contribution is -2.24. The third-order valence-electron chi connectivity index (χ3n) is 1.94. The van der Waals surface area contributed by atoms with Crippen LogP contribution in [0.2, 0.25) is 0 Å². The highest BCUT2D eigenvalue weighted by molar-refractivity contribution is 5.91. The van der Waals surface area contributed by atoms with Crippen LogP contribution in [0.15, 0.2) is 41.9 Å². The first-order chi connectivity index (χ1) is 8.67. The molecule has 18 heavy (non-hydrogen) atoms. The van der Waals surface area contributed by atoms with Crippen LogP contribution < -0.4 is 5.32 Å². The highest BCUT2D eigenvalue weighted by atomic mass is 16.2. The molecule has 0 saturated heterocycles. The van der Waals surface area contributed by atoms with Gasteiger partial charge in [0.05, 0.1) is 0 Å². The number of aromatic nitrogens is 2. The van der Waals surface area contributed by atoms with Crippen LogP contribution in [-0.2, 0) is 0 Å². The zero-order valence-corrected chi connectivity index (χ0v) is 10.6. The van der Waals surface area contributed by atoms with Crippen molar-refractivity contribution in [2.75, 3.05) is 0 Å². The summed E-state index contributed by atoms with van der Waals surface area (Å²) in [6.07, 6.45) is 8.80. The number of nitrogens with one attached hydrogen (secondary N) is 1. The maximum absolute atomic E-state index is 11.8. The van der Waals surface area contributed by atoms with Crippen LogP contribution in [0.1, 0.15) is 29.5 Å². The maximum atomic E-state index is 11.8. The Hall–Kier alpha value is -2.30. The summed E-state index contributed by atoms with van der Waals surface area (Å²) in [6.45, 7) is 7.34. The first kappa shape index (κ1) is 13.8. The lowest BCUT2D eigenvalue weighted by molar-refractivity contribution is 0.0955. The average Bonchev–Trinajstić information content (AvgIpc) is 2.37. The van der Waals surface area contributed by atoms with E-state index in [2.05, 4.69) is 26.9 Å². The molecule has 94 valence electrons. The quantitative estimate of drug-likeness (QED) is 0.806. The van der Waals surface area contributed by atoms with Crippen molar-refractivity contribution in [1.82, 2.24) is 15.3 Å². The van der Waals surface area contributed by atoms with Gasteiger partial charge in [-0.25, -0.2) is 15.0 Å². The monoisotopic (exact) mass is 244 g/mol. The number of carbonyl (C=O) groups is 1. The van der Waals surface area contributed by atoms with Gasteiger partial charge in [0.15, 0.2) is 0 Å². The Morgan fingerprint density at radius 3 is 2.72 bits per heavy atom. The van der Waals surface area contributed by atoms with Crippen molar-refractivity contribution in [2.45, 2.75) is 20.3 Å². The van der Waals surface area contributed by atoms with Crippen molar-refractivity contribution < 1.29 is 4.79 Å². The van der Waals surface area contributed by atoms with Gasteiger partial charge in [0.1, 0.15) is 5.82 Å². The van der Waals surface area contributed by atoms with Gasteiger partial charge in [-0.3, -0.25) is 4.79 Å². The van der Waals surface area contributed by atoms with Crippen LogP contribution >= 0.6 is 0 Å². The van der Waals surface area contributed by atoms with Gasteiger partial charge < -0.3 is 5.32 Å². The number of hydrogen-bond donors (Lipinski definition) is 1. The standard InChI is InChI=1S/C13H16N4O/c1-4-6-11(14-7-5-2)17-13(18)12-15-8-10(3)9-16-12/h5-9H,2,4H2,1,3H3,(H,17,18)/b11-6+,14-7-. The summed E-state index contributed by atoms with van der Waals surface area (Å²) in [4.78, 5) is 23.8. The second-order valence-electron chi connectivity index (χ2n) is 3.55. The molecule has 0 atom stereocenters. The van der Waals surface area contributed by atoms with Crippen LogP contribution in [0.25, 0.3) is 0 Å². The molecule has 0 saturated carbocycles. The van der Waals surface area contributed by atoms with Gasteiger partial charge in [0, 0.05) is 18.6 Å². The molecule has 0 aliphatic rings. The third-order valence-corrected chi connectivity index (χ3v) is 1.94. The van der Waals surface area contributed by atoms with E-state index in [-0.39, 0.29) is 11.7 Å². The number of aliphatic imine (C=N–C) groups is 1. The minimum atomic E-state index is -0.379. The molecule has 0 bridgehead atoms. The molecule has 0 aliphatic heterocycles. The first-order valence-electron chi connectivity index (χ1n) is 5.62. The number of rotatable bonds is 5. The first-order valence-corrected chi connectivity index (χ1v) is 5.62. The van der Waals surface area contributed by atoms with Gasteiger partial charge in [0.25, 0.3) is 5.91 Å². The van der Waals surface area contributed by atoms with Gasteiger partial charge >= 0.3 is 0 Å². The fourth-order valence-corrected chi connectivity index (χ4v) is 1.14. The Morgan fingerprint density at radius 2 is 2.17 bits per heavy atom. The summed E-state index contributed by atoms with van der Waals surface area (Å²) in [6, 6.07) is 0. The molecule has 1 N–H and O–H groups in total. The molecule has 5 nitrogen and oxygen atoms in total. The molecule has 1 amide bonds. The lowest BCUT2D eigenvalue weighted by atomic mass is 10.4. The minimum Gasteiger partial charge on any atom is -0.304 e. The topological polar surface area (TPSA) is 67.2 Å². The molecule has 0 aromatic carbocycles. The molecule has 1 aromatic rings. The number of hydrogen-bond acceptors (Lipinski definition) is 4. The Bertz CT molecular complexity index is 474. The molecular formula is C13H16N4O. The van der Waals surface area contributed by atoms with E-state index in [4.69, 9.17) is 0 Å². The minimum absolute atomic E-state index is 0.122. The fourth-order valence-electron chi connectivity index (χ4n) is 1.14. The van der Waals surface area contributed by atoms with Gasteiger partial charge in [-0.15, -0.1) is 0 Å². The zero-order chi connectivity index (χ0) is 13.4. The van der Waals surface area contributed by atoms with Crippen LogP contribution in [0.3, 0.4) is 0 Å². The Labute approximate surface area is 106 Å². The molecule has 1 rings (SSSR count). The van der Waals surface area contributed by atoms with Crippen molar-refractivity contribution in [2.24, 2.45) is 4.99 Å². The molecular weight excluding hydrogens is 228 g/mol. The highest BCUT2D eigenvalue weighted by Gasteiger charge is 2.09. The van der Waals surface area contributed by atoms with Crippen molar-refractivity contribution in [1.29, 1.82) is 0 Å². The summed E-state index contributed by atoms with van der Waals surface area (Å²) in [5, 5.41) is 2.64. The number of carbonyl (C=O) groups excluding carboxylic acids is 1. The summed E-state index contributed by atoms with van der Waals surface area (Å²) in [5.74, 6) is 0.207. The maximum Gasteiger partial charge on any atom is 0.294 e. The van der Waals surface area contributed by atoms with Crippen molar-refractivity contribution in [3.8, 4) is 0 Å². The van der Waals surface area contributed by atoms with E-state index in [0.717, 1.165) is 12.0 Å². The van der Waals surface area contributed by atoms with E-state index in [9.17, 15) is 4.79 Å². The van der Waals surface area contributed by atoms with Crippen molar-refractivity contribution >= 4 is 12.1 Å². The summed E-state index contributed by atoms with van der Waals surface area (Å²) in [7, 11) is 0. The number of nitrogens with zero attached hydrogens (tertiary/aromatic N) is 3. The molecule has 0 unspecified atom stereocenters. The van der Waals surface area contributed by atoms with Crippen molar-refractivity contribution in [3.63, 3.8) is 0 Å². The van der Waals surface area contributed by atoms with Gasteiger partial charge in [-0.05, 0) is 25.0 Å². The van der Waals surface area contributed by atoms with Crippen LogP contribution in [-0.4, -0.2) is 22.1 Å². The average molecular weight is 244 g/mol. The largest absolute Gasteiger partial charge is 0.304 e. The number of aryl methyl sites for hydroxylation is 1. The fraction of sp³-hybridized carbons (Fsp3) is 0.231. The smallest absolute Gasteiger partial charge is 0.294 e.